The quantitative estimate of drug-likeness (QED) is 0.823. The smallest absolute Gasteiger partial charge is 0.228 e. The Labute approximate surface area is 97.8 Å². The van der Waals surface area contributed by atoms with Crippen molar-refractivity contribution in [2.75, 3.05) is 11.4 Å². The van der Waals surface area contributed by atoms with Gasteiger partial charge >= 0.3 is 0 Å². The van der Waals surface area contributed by atoms with Gasteiger partial charge in [-0.05, 0) is 12.1 Å². The van der Waals surface area contributed by atoms with E-state index in [0.29, 0.717) is 28.7 Å². The number of hydrogen-bond donors (Lipinski definition) is 1. The molecule has 80 valence electrons. The van der Waals surface area contributed by atoms with E-state index in [2.05, 4.69) is 0 Å². The summed E-state index contributed by atoms with van der Waals surface area (Å²) < 4.78 is 0. The van der Waals surface area contributed by atoms with E-state index in [1.807, 2.05) is 0 Å². The SMILES string of the molecule is NC1CC(=O)N(c2cccc(Cl)c2Cl)C1. The fourth-order valence-corrected chi connectivity index (χ4v) is 2.07. The molecule has 0 aromatic heterocycles. The van der Waals surface area contributed by atoms with Crippen LogP contribution in [0.25, 0.3) is 0 Å². The number of nitrogens with two attached hydrogens (primary N) is 1. The first-order valence-electron chi connectivity index (χ1n) is 4.59. The lowest BCUT2D eigenvalue weighted by molar-refractivity contribution is -0.117. The second-order valence-corrected chi connectivity index (χ2v) is 4.33. The van der Waals surface area contributed by atoms with Gasteiger partial charge in [0.25, 0.3) is 0 Å². The van der Waals surface area contributed by atoms with Crippen LogP contribution >= 0.6 is 23.2 Å². The highest BCUT2D eigenvalue weighted by atomic mass is 35.5. The van der Waals surface area contributed by atoms with Crippen molar-refractivity contribution in [2.24, 2.45) is 5.73 Å². The van der Waals surface area contributed by atoms with Crippen LogP contribution in [-0.2, 0) is 4.79 Å². The van der Waals surface area contributed by atoms with Crippen LogP contribution in [0.1, 0.15) is 6.42 Å². The molecule has 1 aliphatic rings. The molecule has 15 heavy (non-hydrogen) atoms. The maximum absolute atomic E-state index is 11.6. The van der Waals surface area contributed by atoms with Crippen molar-refractivity contribution in [3.63, 3.8) is 0 Å². The molecule has 3 nitrogen and oxygen atoms in total. The standard InChI is InChI=1S/C10H10Cl2N2O/c11-7-2-1-3-8(10(7)12)14-5-6(13)4-9(14)15/h1-3,6H,4-5,13H2. The van der Waals surface area contributed by atoms with Gasteiger partial charge < -0.3 is 10.6 Å². The Bertz CT molecular complexity index is 408. The fourth-order valence-electron chi connectivity index (χ4n) is 1.67. The van der Waals surface area contributed by atoms with Gasteiger partial charge in [-0.15, -0.1) is 0 Å². The predicted molar refractivity (Wildman–Crippen MR) is 61.4 cm³/mol. The molecule has 0 aliphatic carbocycles. The number of carbonyl (C=O) groups is 1. The van der Waals surface area contributed by atoms with Gasteiger partial charge in [-0.3, -0.25) is 4.79 Å². The minimum atomic E-state index is -0.118. The summed E-state index contributed by atoms with van der Waals surface area (Å²) in [5.41, 5.74) is 6.34. The summed E-state index contributed by atoms with van der Waals surface area (Å²) in [4.78, 5) is 13.2. The van der Waals surface area contributed by atoms with Gasteiger partial charge in [0.1, 0.15) is 0 Å². The van der Waals surface area contributed by atoms with Crippen molar-refractivity contribution in [1.82, 2.24) is 0 Å². The normalized spacial score (nSPS) is 21.1. The molecule has 1 unspecified atom stereocenters. The molecule has 5 heteroatoms. The maximum atomic E-state index is 11.6. The molecule has 1 saturated heterocycles. The molecule has 0 spiro atoms. The number of anilines is 1. The van der Waals surface area contributed by atoms with E-state index in [1.165, 1.54) is 0 Å². The number of rotatable bonds is 1. The lowest BCUT2D eigenvalue weighted by atomic mass is 10.3. The second kappa shape index (κ2) is 4.00. The number of hydrogen-bond acceptors (Lipinski definition) is 2. The van der Waals surface area contributed by atoms with Gasteiger partial charge in [0, 0.05) is 19.0 Å². The topological polar surface area (TPSA) is 46.3 Å². The summed E-state index contributed by atoms with van der Waals surface area (Å²) in [6.45, 7) is 0.499. The van der Waals surface area contributed by atoms with Gasteiger partial charge in [0.2, 0.25) is 5.91 Å². The first-order chi connectivity index (χ1) is 7.09. The number of carbonyl (C=O) groups excluding carboxylic acids is 1. The van der Waals surface area contributed by atoms with E-state index >= 15 is 0 Å². The number of nitrogens with zero attached hydrogens (tertiary/aromatic N) is 1. The van der Waals surface area contributed by atoms with Gasteiger partial charge in [-0.1, -0.05) is 29.3 Å². The molecule has 1 atom stereocenters. The highest BCUT2D eigenvalue weighted by Gasteiger charge is 2.29. The average molecular weight is 245 g/mol. The summed E-state index contributed by atoms with van der Waals surface area (Å²) in [6.07, 6.45) is 0.364. The Morgan fingerprint density at radius 1 is 1.40 bits per heavy atom. The van der Waals surface area contributed by atoms with Crippen molar-refractivity contribution in [3.8, 4) is 0 Å². The molecule has 2 rings (SSSR count). The molecular weight excluding hydrogens is 235 g/mol. The molecule has 2 N–H and O–H groups in total. The number of amides is 1. The van der Waals surface area contributed by atoms with Crippen LogP contribution in [0.3, 0.4) is 0 Å². The summed E-state index contributed by atoms with van der Waals surface area (Å²) in [7, 11) is 0. The number of halogens is 2. The summed E-state index contributed by atoms with van der Waals surface area (Å²) >= 11 is 11.9. The Hall–Kier alpha value is -0.770. The molecule has 0 bridgehead atoms. The second-order valence-electron chi connectivity index (χ2n) is 3.54. The fraction of sp³-hybridized carbons (Fsp3) is 0.300. The predicted octanol–water partition coefficient (Wildman–Crippen LogP) is 2.06. The largest absolute Gasteiger partial charge is 0.326 e. The van der Waals surface area contributed by atoms with Crippen LogP contribution in [0.2, 0.25) is 10.0 Å². The molecule has 1 heterocycles. The van der Waals surface area contributed by atoms with E-state index < -0.39 is 0 Å². The zero-order chi connectivity index (χ0) is 11.0. The minimum Gasteiger partial charge on any atom is -0.326 e. The molecule has 1 fully saturated rings. The zero-order valence-electron chi connectivity index (χ0n) is 7.91. The molecule has 1 aromatic carbocycles. The Morgan fingerprint density at radius 2 is 2.13 bits per heavy atom. The molecule has 0 radical (unpaired) electrons. The minimum absolute atomic E-state index is 0.00772. The van der Waals surface area contributed by atoms with Crippen LogP contribution in [0.15, 0.2) is 18.2 Å². The first kappa shape index (κ1) is 10.7. The summed E-state index contributed by atoms with van der Waals surface area (Å²) in [5.74, 6) is -0.00772. The lowest BCUT2D eigenvalue weighted by Crippen LogP contribution is -2.28. The average Bonchev–Trinajstić information content (AvgIpc) is 2.50. The third-order valence-electron chi connectivity index (χ3n) is 2.38. The van der Waals surface area contributed by atoms with E-state index in [9.17, 15) is 4.79 Å². The highest BCUT2D eigenvalue weighted by molar-refractivity contribution is 6.44. The van der Waals surface area contributed by atoms with E-state index in [-0.39, 0.29) is 11.9 Å². The van der Waals surface area contributed by atoms with Crippen molar-refractivity contribution >= 4 is 34.8 Å². The van der Waals surface area contributed by atoms with Crippen molar-refractivity contribution in [3.05, 3.63) is 28.2 Å². The molecule has 0 saturated carbocycles. The Kier molecular flexibility index (Phi) is 2.87. The molecular formula is C10H10Cl2N2O. The van der Waals surface area contributed by atoms with E-state index in [0.717, 1.165) is 0 Å². The molecule has 1 aliphatic heterocycles. The molecule has 1 aromatic rings. The van der Waals surface area contributed by atoms with E-state index in [1.54, 1.807) is 23.1 Å². The van der Waals surface area contributed by atoms with Gasteiger partial charge in [0.15, 0.2) is 0 Å². The zero-order valence-corrected chi connectivity index (χ0v) is 9.42. The van der Waals surface area contributed by atoms with Gasteiger partial charge in [-0.2, -0.15) is 0 Å². The van der Waals surface area contributed by atoms with Crippen LogP contribution in [-0.4, -0.2) is 18.5 Å². The van der Waals surface area contributed by atoms with Crippen LogP contribution < -0.4 is 10.6 Å². The third kappa shape index (κ3) is 1.95. The van der Waals surface area contributed by atoms with Crippen LogP contribution in [0.4, 0.5) is 5.69 Å². The van der Waals surface area contributed by atoms with Crippen molar-refractivity contribution in [2.45, 2.75) is 12.5 Å². The molecule has 1 amide bonds. The third-order valence-corrected chi connectivity index (χ3v) is 3.19. The Balaban J connectivity index is 2.38. The number of benzene rings is 1. The summed E-state index contributed by atoms with van der Waals surface area (Å²) in [5, 5.41) is 0.851. The van der Waals surface area contributed by atoms with Crippen molar-refractivity contribution in [1.29, 1.82) is 0 Å². The van der Waals surface area contributed by atoms with Gasteiger partial charge in [0.05, 0.1) is 15.7 Å². The summed E-state index contributed by atoms with van der Waals surface area (Å²) in [6, 6.07) is 5.10. The lowest BCUT2D eigenvalue weighted by Gasteiger charge is -2.17. The Morgan fingerprint density at radius 3 is 2.73 bits per heavy atom. The van der Waals surface area contributed by atoms with Crippen molar-refractivity contribution < 1.29 is 4.79 Å². The highest BCUT2D eigenvalue weighted by Crippen LogP contribution is 2.34. The monoisotopic (exact) mass is 244 g/mol. The maximum Gasteiger partial charge on any atom is 0.228 e. The first-order valence-corrected chi connectivity index (χ1v) is 5.35. The van der Waals surface area contributed by atoms with Crippen LogP contribution in [0.5, 0.6) is 0 Å². The van der Waals surface area contributed by atoms with Crippen LogP contribution in [0, 0.1) is 0 Å². The van der Waals surface area contributed by atoms with E-state index in [4.69, 9.17) is 28.9 Å². The van der Waals surface area contributed by atoms with Gasteiger partial charge in [-0.25, -0.2) is 0 Å².